The summed E-state index contributed by atoms with van der Waals surface area (Å²) >= 11 is 26.3. The van der Waals surface area contributed by atoms with Gasteiger partial charge in [-0.1, -0.05) is 94.9 Å². The molecule has 1 aromatic heterocycles. The molecule has 45 heavy (non-hydrogen) atoms. The quantitative estimate of drug-likeness (QED) is 0.175. The van der Waals surface area contributed by atoms with Crippen LogP contribution in [0, 0.1) is 5.41 Å². The van der Waals surface area contributed by atoms with Crippen LogP contribution in [0.1, 0.15) is 47.6 Å². The molecule has 0 amide bonds. The second-order valence-electron chi connectivity index (χ2n) is 12.3. The van der Waals surface area contributed by atoms with Crippen molar-refractivity contribution in [1.29, 1.82) is 0 Å². The number of aromatic nitrogens is 2. The van der Waals surface area contributed by atoms with Crippen LogP contribution >= 0.6 is 46.4 Å². The third-order valence-corrected chi connectivity index (χ3v) is 11.2. The van der Waals surface area contributed by atoms with Gasteiger partial charge in [0.05, 0.1) is 27.8 Å². The molecule has 1 saturated heterocycles. The number of nitrogens with zero attached hydrogens (tertiary/aromatic N) is 3. The Morgan fingerprint density at radius 2 is 1.53 bits per heavy atom. The summed E-state index contributed by atoms with van der Waals surface area (Å²) < 4.78 is 0. The molecule has 4 aromatic carbocycles. The van der Waals surface area contributed by atoms with E-state index < -0.39 is 11.0 Å². The molecule has 3 unspecified atom stereocenters. The van der Waals surface area contributed by atoms with E-state index in [2.05, 4.69) is 24.1 Å². The summed E-state index contributed by atoms with van der Waals surface area (Å²) in [6.45, 7) is 0.588. The molecule has 4 nitrogen and oxygen atoms in total. The summed E-state index contributed by atoms with van der Waals surface area (Å²) in [5, 5.41) is 2.16. The maximum atomic E-state index is 15.6. The van der Waals surface area contributed by atoms with Crippen molar-refractivity contribution in [3.63, 3.8) is 0 Å². The van der Waals surface area contributed by atoms with Gasteiger partial charge in [0.25, 0.3) is 0 Å². The number of ketones is 1. The van der Waals surface area contributed by atoms with Crippen LogP contribution in [0.5, 0.6) is 0 Å². The van der Waals surface area contributed by atoms with Gasteiger partial charge in [-0.3, -0.25) is 9.69 Å². The van der Waals surface area contributed by atoms with E-state index in [9.17, 15) is 0 Å². The smallest absolute Gasteiger partial charge is 0.168 e. The first-order chi connectivity index (χ1) is 21.8. The van der Waals surface area contributed by atoms with Gasteiger partial charge in [-0.15, -0.1) is 0 Å². The number of allylic oxidation sites excluding steroid dienone is 1. The van der Waals surface area contributed by atoms with Crippen LogP contribution in [0.25, 0.3) is 28.4 Å². The maximum Gasteiger partial charge on any atom is 0.168 e. The van der Waals surface area contributed by atoms with Crippen LogP contribution in [0.2, 0.25) is 20.1 Å². The number of fused-ring (bicyclic) bond motifs is 7. The lowest BCUT2D eigenvalue weighted by Gasteiger charge is -2.50. The Morgan fingerprint density at radius 3 is 2.29 bits per heavy atom. The Balaban J connectivity index is 1.46. The first kappa shape index (κ1) is 29.2. The summed E-state index contributed by atoms with van der Waals surface area (Å²) in [4.78, 5) is 28.5. The second-order valence-corrected chi connectivity index (χ2v) is 13.9. The zero-order chi connectivity index (χ0) is 31.1. The van der Waals surface area contributed by atoms with Gasteiger partial charge >= 0.3 is 0 Å². The summed E-state index contributed by atoms with van der Waals surface area (Å²) in [6.07, 6.45) is 4.03. The van der Waals surface area contributed by atoms with Crippen LogP contribution in [-0.2, 0) is 10.3 Å². The van der Waals surface area contributed by atoms with Crippen molar-refractivity contribution in [3.8, 4) is 11.3 Å². The molecule has 0 N–H and O–H groups in total. The van der Waals surface area contributed by atoms with Gasteiger partial charge in [0, 0.05) is 38.1 Å². The fourth-order valence-electron chi connectivity index (χ4n) is 8.41. The average Bonchev–Trinajstić information content (AvgIpc) is 3.46. The van der Waals surface area contributed by atoms with Crippen molar-refractivity contribution in [2.45, 2.75) is 30.7 Å². The number of Topliss-reactive ketones (excluding diaryl/α,β-unsaturated/α-hetero) is 1. The monoisotopic (exact) mass is 669 g/mol. The summed E-state index contributed by atoms with van der Waals surface area (Å²) in [5.74, 6) is -0.172. The highest BCUT2D eigenvalue weighted by atomic mass is 35.5. The Hall–Kier alpha value is -3.25. The van der Waals surface area contributed by atoms with E-state index in [-0.39, 0.29) is 11.7 Å². The molecule has 5 aromatic rings. The van der Waals surface area contributed by atoms with Crippen molar-refractivity contribution in [2.75, 3.05) is 13.6 Å². The Bertz CT molecular complexity index is 2090. The first-order valence-corrected chi connectivity index (χ1v) is 16.5. The van der Waals surface area contributed by atoms with Crippen LogP contribution < -0.4 is 0 Å². The van der Waals surface area contributed by atoms with Gasteiger partial charge in [0.15, 0.2) is 5.78 Å². The average molecular weight is 671 g/mol. The molecule has 2 aliphatic carbocycles. The van der Waals surface area contributed by atoms with Crippen LogP contribution in [0.15, 0.2) is 90.5 Å². The molecule has 8 heteroatoms. The highest BCUT2D eigenvalue weighted by Gasteiger charge is 2.72. The predicted molar refractivity (Wildman–Crippen MR) is 183 cm³/mol. The molecule has 224 valence electrons. The van der Waals surface area contributed by atoms with E-state index >= 15 is 4.79 Å². The van der Waals surface area contributed by atoms with Gasteiger partial charge in [-0.25, -0.2) is 9.97 Å². The van der Waals surface area contributed by atoms with E-state index in [1.165, 1.54) is 0 Å². The van der Waals surface area contributed by atoms with Crippen LogP contribution in [0.3, 0.4) is 0 Å². The van der Waals surface area contributed by atoms with E-state index in [0.29, 0.717) is 39.5 Å². The van der Waals surface area contributed by atoms with E-state index in [4.69, 9.17) is 56.4 Å². The molecule has 3 aliphatic rings. The molecular weight excluding hydrogens is 644 g/mol. The number of carbonyl (C=O) groups is 1. The lowest BCUT2D eigenvalue weighted by Crippen LogP contribution is -2.56. The standard InChI is InChI=1S/C37H27Cl4N3O/c1-44-20-28(25-15-14-24(39)19-30(25)41)36(16-6-7-22(35(36)45)17-21-12-13-23(38)18-29(21)40)37(44)27-9-3-2-8-26(27)33-34(37)43-32-11-5-4-10-31(32)42-33/h2-5,8-15,17-19,28H,6-7,16,20H2,1H3. The zero-order valence-electron chi connectivity index (χ0n) is 24.3. The number of benzene rings is 4. The zero-order valence-corrected chi connectivity index (χ0v) is 27.4. The van der Waals surface area contributed by atoms with Crippen molar-refractivity contribution in [2.24, 2.45) is 5.41 Å². The lowest BCUT2D eigenvalue weighted by atomic mass is 9.53. The van der Waals surface area contributed by atoms with Gasteiger partial charge in [0.2, 0.25) is 0 Å². The minimum Gasteiger partial charge on any atom is -0.294 e. The minimum atomic E-state index is -0.958. The number of carbonyl (C=O) groups excluding carboxylic acids is 1. The highest BCUT2D eigenvalue weighted by Crippen LogP contribution is 2.70. The number of likely N-dealkylation sites (tertiary alicyclic amines) is 1. The molecular formula is C37H27Cl4N3O. The molecule has 2 spiro atoms. The van der Waals surface area contributed by atoms with E-state index in [0.717, 1.165) is 56.7 Å². The number of likely N-dealkylation sites (N-methyl/N-ethyl adjacent to an activating group) is 1. The number of rotatable bonds is 2. The SMILES string of the molecule is CN1CC(c2ccc(Cl)cc2Cl)C2(CCCC(=Cc3ccc(Cl)cc3Cl)C2=O)C12c1ccccc1-c1nc3ccccc3nc12. The Kier molecular flexibility index (Phi) is 6.90. The normalized spacial score (nSPS) is 25.0. The van der Waals surface area contributed by atoms with Crippen LogP contribution in [0.4, 0.5) is 0 Å². The molecule has 0 bridgehead atoms. The number of hydrogen-bond donors (Lipinski definition) is 0. The number of halogens is 4. The maximum absolute atomic E-state index is 15.6. The molecule has 2 fully saturated rings. The molecule has 0 radical (unpaired) electrons. The second kappa shape index (κ2) is 10.7. The third kappa shape index (κ3) is 4.06. The molecule has 1 saturated carbocycles. The molecule has 1 aliphatic heterocycles. The predicted octanol–water partition coefficient (Wildman–Crippen LogP) is 10.0. The Morgan fingerprint density at radius 1 is 0.844 bits per heavy atom. The van der Waals surface area contributed by atoms with Gasteiger partial charge in [-0.2, -0.15) is 0 Å². The fraction of sp³-hybridized carbons (Fsp3) is 0.216. The largest absolute Gasteiger partial charge is 0.294 e. The number of para-hydroxylation sites is 2. The first-order valence-electron chi connectivity index (χ1n) is 15.0. The highest BCUT2D eigenvalue weighted by molar-refractivity contribution is 6.36. The van der Waals surface area contributed by atoms with Gasteiger partial charge in [0.1, 0.15) is 5.54 Å². The van der Waals surface area contributed by atoms with Gasteiger partial charge in [-0.05, 0) is 91.0 Å². The molecule has 2 heterocycles. The lowest BCUT2D eigenvalue weighted by molar-refractivity contribution is -0.132. The van der Waals surface area contributed by atoms with E-state index in [1.54, 1.807) is 18.2 Å². The van der Waals surface area contributed by atoms with Crippen molar-refractivity contribution in [1.82, 2.24) is 14.9 Å². The van der Waals surface area contributed by atoms with E-state index in [1.807, 2.05) is 60.7 Å². The fourth-order valence-corrected chi connectivity index (χ4v) is 9.41. The topological polar surface area (TPSA) is 46.1 Å². The molecule has 8 rings (SSSR count). The summed E-state index contributed by atoms with van der Waals surface area (Å²) in [6, 6.07) is 27.3. The van der Waals surface area contributed by atoms with Crippen molar-refractivity contribution < 1.29 is 4.79 Å². The Labute approximate surface area is 281 Å². The van der Waals surface area contributed by atoms with Crippen LogP contribution in [-0.4, -0.2) is 34.2 Å². The summed E-state index contributed by atoms with van der Waals surface area (Å²) in [5.41, 5.74) is 5.85. The minimum absolute atomic E-state index is 0.0812. The molecule has 3 atom stereocenters. The van der Waals surface area contributed by atoms with Crippen molar-refractivity contribution >= 4 is 69.3 Å². The summed E-state index contributed by atoms with van der Waals surface area (Å²) in [7, 11) is 2.11. The third-order valence-electron chi connectivity index (χ3n) is 10.1. The van der Waals surface area contributed by atoms with Gasteiger partial charge < -0.3 is 0 Å². The number of hydrogen-bond acceptors (Lipinski definition) is 4. The van der Waals surface area contributed by atoms with Crippen molar-refractivity contribution in [3.05, 3.63) is 133 Å².